The van der Waals surface area contributed by atoms with Gasteiger partial charge >= 0.3 is 5.97 Å². The van der Waals surface area contributed by atoms with Crippen LogP contribution >= 0.6 is 0 Å². The minimum Gasteiger partial charge on any atom is -0.506 e. The molecule has 0 aliphatic rings. The lowest BCUT2D eigenvalue weighted by atomic mass is 9.88. The van der Waals surface area contributed by atoms with Gasteiger partial charge in [-0.05, 0) is 17.7 Å². The molecule has 8 heteroatoms. The molecule has 4 N–H and O–H groups in total. The van der Waals surface area contributed by atoms with Crippen molar-refractivity contribution in [3.05, 3.63) is 57.8 Å². The molecule has 23 heavy (non-hydrogen) atoms. The Balaban J connectivity index is 2.65. The smallest absolute Gasteiger partial charge is 0.343 e. The highest BCUT2D eigenvalue weighted by Gasteiger charge is 2.27. The van der Waals surface area contributed by atoms with Crippen molar-refractivity contribution in [2.24, 2.45) is 5.73 Å². The SMILES string of the molecule is COC(=O)c1c[nH]c(=O)c([C@H](CC(N)=O)c2ccncc2)c1O. The number of nitrogens with zero attached hydrogens (tertiary/aromatic N) is 1. The average Bonchev–Trinajstić information content (AvgIpc) is 2.54. The van der Waals surface area contributed by atoms with E-state index in [2.05, 4.69) is 14.7 Å². The molecule has 0 unspecified atom stereocenters. The Kier molecular flexibility index (Phi) is 4.75. The molecule has 0 aliphatic heterocycles. The molecule has 0 saturated carbocycles. The van der Waals surface area contributed by atoms with Crippen LogP contribution in [0, 0.1) is 0 Å². The lowest BCUT2D eigenvalue weighted by molar-refractivity contribution is -0.118. The molecule has 2 aromatic rings. The molecule has 0 fully saturated rings. The van der Waals surface area contributed by atoms with E-state index in [0.717, 1.165) is 13.3 Å². The van der Waals surface area contributed by atoms with Gasteiger partial charge in [0, 0.05) is 30.9 Å². The van der Waals surface area contributed by atoms with Gasteiger partial charge in [-0.3, -0.25) is 14.6 Å². The molecule has 0 spiro atoms. The highest BCUT2D eigenvalue weighted by molar-refractivity contribution is 5.92. The Bertz CT molecular complexity index is 785. The third-order valence-corrected chi connectivity index (χ3v) is 3.37. The maximum atomic E-state index is 12.2. The van der Waals surface area contributed by atoms with E-state index in [-0.39, 0.29) is 17.5 Å². The van der Waals surface area contributed by atoms with Crippen molar-refractivity contribution in [1.29, 1.82) is 0 Å². The van der Waals surface area contributed by atoms with Gasteiger partial charge in [0.1, 0.15) is 11.3 Å². The first-order valence-corrected chi connectivity index (χ1v) is 6.66. The van der Waals surface area contributed by atoms with Crippen molar-refractivity contribution >= 4 is 11.9 Å². The topological polar surface area (TPSA) is 135 Å². The summed E-state index contributed by atoms with van der Waals surface area (Å²) in [5, 5.41) is 10.3. The maximum absolute atomic E-state index is 12.2. The van der Waals surface area contributed by atoms with E-state index >= 15 is 0 Å². The van der Waals surface area contributed by atoms with E-state index < -0.39 is 29.1 Å². The first-order chi connectivity index (χ1) is 11.0. The number of esters is 1. The molecule has 0 aromatic carbocycles. The number of methoxy groups -OCH3 is 1. The van der Waals surface area contributed by atoms with Crippen LogP contribution in [0.3, 0.4) is 0 Å². The first-order valence-electron chi connectivity index (χ1n) is 6.66. The van der Waals surface area contributed by atoms with E-state index in [0.29, 0.717) is 5.56 Å². The molecule has 2 heterocycles. The summed E-state index contributed by atoms with van der Waals surface area (Å²) in [5.41, 5.74) is 4.85. The summed E-state index contributed by atoms with van der Waals surface area (Å²) in [5.74, 6) is -2.82. The third-order valence-electron chi connectivity index (χ3n) is 3.37. The molecule has 0 bridgehead atoms. The normalized spacial score (nSPS) is 11.7. The van der Waals surface area contributed by atoms with E-state index in [4.69, 9.17) is 5.73 Å². The van der Waals surface area contributed by atoms with Crippen LogP contribution in [0.1, 0.15) is 33.8 Å². The first kappa shape index (κ1) is 16.2. The Morgan fingerprint density at radius 2 is 2.04 bits per heavy atom. The molecule has 0 aliphatic carbocycles. The number of H-pyrrole nitrogens is 1. The van der Waals surface area contributed by atoms with Gasteiger partial charge in [0.2, 0.25) is 5.91 Å². The van der Waals surface area contributed by atoms with Gasteiger partial charge in [-0.2, -0.15) is 0 Å². The zero-order valence-electron chi connectivity index (χ0n) is 12.3. The fraction of sp³-hybridized carbons (Fsp3) is 0.200. The van der Waals surface area contributed by atoms with Crippen LogP contribution in [0.25, 0.3) is 0 Å². The molecule has 8 nitrogen and oxygen atoms in total. The van der Waals surface area contributed by atoms with Crippen molar-refractivity contribution in [3.63, 3.8) is 0 Å². The molecule has 1 amide bonds. The number of primary amides is 1. The van der Waals surface area contributed by atoms with Gasteiger partial charge < -0.3 is 20.6 Å². The summed E-state index contributed by atoms with van der Waals surface area (Å²) in [6.07, 6.45) is 3.81. The number of carbonyl (C=O) groups is 2. The third kappa shape index (κ3) is 3.37. The lowest BCUT2D eigenvalue weighted by Gasteiger charge is -2.17. The number of amides is 1. The van der Waals surface area contributed by atoms with E-state index in [1.807, 2.05) is 0 Å². The summed E-state index contributed by atoms with van der Waals surface area (Å²) in [4.78, 5) is 41.4. The van der Waals surface area contributed by atoms with Crippen molar-refractivity contribution in [1.82, 2.24) is 9.97 Å². The molecule has 0 saturated heterocycles. The molecule has 120 valence electrons. The number of hydrogen-bond donors (Lipinski definition) is 3. The van der Waals surface area contributed by atoms with Crippen molar-refractivity contribution in [2.75, 3.05) is 7.11 Å². The average molecular weight is 317 g/mol. The summed E-state index contributed by atoms with van der Waals surface area (Å²) < 4.78 is 4.56. The van der Waals surface area contributed by atoms with Gasteiger partial charge in [-0.25, -0.2) is 4.79 Å². The zero-order valence-corrected chi connectivity index (χ0v) is 12.3. The lowest BCUT2D eigenvalue weighted by Crippen LogP contribution is -2.23. The van der Waals surface area contributed by atoms with Crippen molar-refractivity contribution < 1.29 is 19.4 Å². The number of rotatable bonds is 5. The largest absolute Gasteiger partial charge is 0.506 e. The van der Waals surface area contributed by atoms with Crippen LogP contribution in [0.15, 0.2) is 35.5 Å². The van der Waals surface area contributed by atoms with E-state index in [1.54, 1.807) is 12.1 Å². The van der Waals surface area contributed by atoms with Crippen LogP contribution in [0.4, 0.5) is 0 Å². The molecule has 2 rings (SSSR count). The number of aromatic amines is 1. The Morgan fingerprint density at radius 1 is 1.39 bits per heavy atom. The minimum absolute atomic E-state index is 0.127. The second kappa shape index (κ2) is 6.73. The highest BCUT2D eigenvalue weighted by atomic mass is 16.5. The highest BCUT2D eigenvalue weighted by Crippen LogP contribution is 2.32. The predicted molar refractivity (Wildman–Crippen MR) is 80.0 cm³/mol. The van der Waals surface area contributed by atoms with Crippen LogP contribution in [0.2, 0.25) is 0 Å². The van der Waals surface area contributed by atoms with Crippen molar-refractivity contribution in [2.45, 2.75) is 12.3 Å². The summed E-state index contributed by atoms with van der Waals surface area (Å²) in [6.45, 7) is 0. The number of pyridine rings is 2. The summed E-state index contributed by atoms with van der Waals surface area (Å²) in [7, 11) is 1.15. The van der Waals surface area contributed by atoms with Crippen LogP contribution < -0.4 is 11.3 Å². The monoisotopic (exact) mass is 317 g/mol. The number of carbonyl (C=O) groups excluding carboxylic acids is 2. The van der Waals surface area contributed by atoms with Crippen LogP contribution in [-0.2, 0) is 9.53 Å². The second-order valence-corrected chi connectivity index (χ2v) is 4.79. The van der Waals surface area contributed by atoms with Gasteiger partial charge in [0.25, 0.3) is 5.56 Å². The number of aromatic hydroxyl groups is 1. The van der Waals surface area contributed by atoms with Gasteiger partial charge in [0.05, 0.1) is 12.7 Å². The fourth-order valence-corrected chi connectivity index (χ4v) is 2.31. The van der Waals surface area contributed by atoms with Crippen LogP contribution in [0.5, 0.6) is 5.75 Å². The van der Waals surface area contributed by atoms with E-state index in [1.165, 1.54) is 12.4 Å². The van der Waals surface area contributed by atoms with Crippen LogP contribution in [-0.4, -0.2) is 34.1 Å². The Hall–Kier alpha value is -3.16. The quantitative estimate of drug-likeness (QED) is 0.677. The number of ether oxygens (including phenoxy) is 1. The maximum Gasteiger partial charge on any atom is 0.343 e. The standard InChI is InChI=1S/C15H15N3O5/c1-23-15(22)10-7-18-14(21)12(13(10)20)9(6-11(16)19)8-2-4-17-5-3-8/h2-5,7,9H,6H2,1H3,(H2,16,19)(H2,18,20,21)/t9-/m1/s1. The van der Waals surface area contributed by atoms with Crippen molar-refractivity contribution in [3.8, 4) is 5.75 Å². The second-order valence-electron chi connectivity index (χ2n) is 4.79. The molecule has 0 radical (unpaired) electrons. The Morgan fingerprint density at radius 3 is 2.61 bits per heavy atom. The van der Waals surface area contributed by atoms with Gasteiger partial charge in [0.15, 0.2) is 0 Å². The number of nitrogens with two attached hydrogens (primary N) is 1. The molecular formula is C15H15N3O5. The summed E-state index contributed by atoms with van der Waals surface area (Å²) in [6, 6.07) is 3.19. The number of hydrogen-bond acceptors (Lipinski definition) is 6. The van der Waals surface area contributed by atoms with Gasteiger partial charge in [-0.1, -0.05) is 0 Å². The number of aromatic nitrogens is 2. The minimum atomic E-state index is -0.816. The zero-order chi connectivity index (χ0) is 17.0. The molecular weight excluding hydrogens is 302 g/mol. The molecule has 1 atom stereocenters. The van der Waals surface area contributed by atoms with Gasteiger partial charge in [-0.15, -0.1) is 0 Å². The van der Waals surface area contributed by atoms with E-state index in [9.17, 15) is 19.5 Å². The molecule has 2 aromatic heterocycles. The Labute approximate surface area is 130 Å². The number of nitrogens with one attached hydrogen (secondary N) is 1. The fourth-order valence-electron chi connectivity index (χ4n) is 2.31. The predicted octanol–water partition coefficient (Wildman–Crippen LogP) is 0.269. The summed E-state index contributed by atoms with van der Waals surface area (Å²) >= 11 is 0.